The summed E-state index contributed by atoms with van der Waals surface area (Å²) in [6, 6.07) is 5.21. The lowest BCUT2D eigenvalue weighted by molar-refractivity contribution is -0.133. The van der Waals surface area contributed by atoms with E-state index in [-0.39, 0.29) is 11.8 Å². The van der Waals surface area contributed by atoms with Crippen LogP contribution in [0.1, 0.15) is 24.2 Å². The van der Waals surface area contributed by atoms with Crippen LogP contribution in [0.25, 0.3) is 11.0 Å². The number of carbonyl (C=O) groups excluding carboxylic acids is 2. The molecule has 3 rings (SSSR count). The lowest BCUT2D eigenvalue weighted by Gasteiger charge is -2.41. The van der Waals surface area contributed by atoms with Gasteiger partial charge in [0, 0.05) is 31.0 Å². The number of hydrogen-bond donors (Lipinski definition) is 1. The minimum atomic E-state index is -0.855. The quantitative estimate of drug-likeness (QED) is 0.847. The van der Waals surface area contributed by atoms with Crippen LogP contribution >= 0.6 is 0 Å². The largest absolute Gasteiger partial charge is 0.352 e. The molecule has 108 valence electrons. The van der Waals surface area contributed by atoms with Gasteiger partial charge in [0.15, 0.2) is 0 Å². The Morgan fingerprint density at radius 3 is 2.71 bits per heavy atom. The van der Waals surface area contributed by atoms with E-state index >= 15 is 0 Å². The zero-order chi connectivity index (χ0) is 15.0. The first-order chi connectivity index (χ1) is 10.00. The molecule has 0 bridgehead atoms. The van der Waals surface area contributed by atoms with Crippen LogP contribution in [0.3, 0.4) is 0 Å². The normalized spacial score (nSPS) is 17.6. The van der Waals surface area contributed by atoms with Gasteiger partial charge in [0.05, 0.1) is 11.0 Å². The van der Waals surface area contributed by atoms with Gasteiger partial charge in [0.2, 0.25) is 5.91 Å². The molecule has 0 saturated carbocycles. The maximum absolute atomic E-state index is 12.7. The van der Waals surface area contributed by atoms with Crippen LogP contribution in [-0.4, -0.2) is 45.3 Å². The van der Waals surface area contributed by atoms with Crippen molar-refractivity contribution in [2.45, 2.75) is 19.4 Å². The number of nitrogens with zero attached hydrogens (tertiary/aromatic N) is 3. The van der Waals surface area contributed by atoms with E-state index in [1.165, 1.54) is 0 Å². The molecule has 6 heteroatoms. The summed E-state index contributed by atoms with van der Waals surface area (Å²) < 4.78 is 0. The minimum absolute atomic E-state index is 0.136. The van der Waals surface area contributed by atoms with Crippen molar-refractivity contribution in [2.24, 2.45) is 0 Å². The smallest absolute Gasteiger partial charge is 0.254 e. The zero-order valence-corrected chi connectivity index (χ0v) is 12.0. The molecule has 1 aromatic heterocycles. The second-order valence-corrected chi connectivity index (χ2v) is 5.53. The minimum Gasteiger partial charge on any atom is -0.352 e. The number of hydrogen-bond acceptors (Lipinski definition) is 4. The molecule has 0 spiro atoms. The standard InChI is InChI=1S/C15H16N4O2/c1-15(2)14(21)18-7-8-19(15)13(20)10-3-4-11-12(9-10)17-6-5-16-11/h3-6,9H,7-8H2,1-2H3,(H,18,21). The third-order valence-corrected chi connectivity index (χ3v) is 3.81. The molecule has 1 aliphatic heterocycles. The number of aromatic nitrogens is 2. The van der Waals surface area contributed by atoms with Gasteiger partial charge in [-0.25, -0.2) is 0 Å². The molecule has 1 fully saturated rings. The van der Waals surface area contributed by atoms with Crippen molar-refractivity contribution >= 4 is 22.8 Å². The van der Waals surface area contributed by atoms with Crippen molar-refractivity contribution in [1.29, 1.82) is 0 Å². The van der Waals surface area contributed by atoms with E-state index in [1.807, 2.05) is 0 Å². The summed E-state index contributed by atoms with van der Waals surface area (Å²) in [4.78, 5) is 34.6. The van der Waals surface area contributed by atoms with E-state index in [0.29, 0.717) is 24.2 Å². The second kappa shape index (κ2) is 4.80. The summed E-state index contributed by atoms with van der Waals surface area (Å²) in [7, 11) is 0. The predicted molar refractivity (Wildman–Crippen MR) is 77.7 cm³/mol. The highest BCUT2D eigenvalue weighted by atomic mass is 16.2. The van der Waals surface area contributed by atoms with Crippen LogP contribution in [0.4, 0.5) is 0 Å². The highest BCUT2D eigenvalue weighted by molar-refractivity contribution is 6.01. The van der Waals surface area contributed by atoms with Gasteiger partial charge in [-0.05, 0) is 32.0 Å². The number of nitrogens with one attached hydrogen (secondary N) is 1. The Morgan fingerprint density at radius 1 is 1.24 bits per heavy atom. The fraction of sp³-hybridized carbons (Fsp3) is 0.333. The molecule has 1 N–H and O–H groups in total. The van der Waals surface area contributed by atoms with Crippen molar-refractivity contribution in [3.05, 3.63) is 36.2 Å². The van der Waals surface area contributed by atoms with Crippen LogP contribution in [0.5, 0.6) is 0 Å². The van der Waals surface area contributed by atoms with E-state index in [2.05, 4.69) is 15.3 Å². The topological polar surface area (TPSA) is 75.2 Å². The molecule has 1 aromatic carbocycles. The number of carbonyl (C=O) groups is 2. The van der Waals surface area contributed by atoms with Crippen LogP contribution in [-0.2, 0) is 4.79 Å². The molecule has 0 unspecified atom stereocenters. The Balaban J connectivity index is 1.98. The molecule has 21 heavy (non-hydrogen) atoms. The van der Waals surface area contributed by atoms with Gasteiger partial charge >= 0.3 is 0 Å². The number of fused-ring (bicyclic) bond motifs is 1. The van der Waals surface area contributed by atoms with E-state index in [0.717, 1.165) is 5.52 Å². The molecule has 1 aliphatic rings. The zero-order valence-electron chi connectivity index (χ0n) is 12.0. The SMILES string of the molecule is CC1(C)C(=O)NCCN1C(=O)c1ccc2nccnc2c1. The Hall–Kier alpha value is -2.50. The Kier molecular flexibility index (Phi) is 3.08. The van der Waals surface area contributed by atoms with Gasteiger partial charge in [-0.15, -0.1) is 0 Å². The Bertz CT molecular complexity index is 726. The molecule has 2 heterocycles. The average molecular weight is 284 g/mol. The maximum atomic E-state index is 12.7. The third-order valence-electron chi connectivity index (χ3n) is 3.81. The van der Waals surface area contributed by atoms with Crippen molar-refractivity contribution in [3.63, 3.8) is 0 Å². The lowest BCUT2D eigenvalue weighted by atomic mass is 9.97. The summed E-state index contributed by atoms with van der Waals surface area (Å²) >= 11 is 0. The van der Waals surface area contributed by atoms with Crippen molar-refractivity contribution in [3.8, 4) is 0 Å². The van der Waals surface area contributed by atoms with Crippen LogP contribution in [0, 0.1) is 0 Å². The number of piperazine rings is 1. The van der Waals surface area contributed by atoms with Gasteiger partial charge in [-0.3, -0.25) is 19.6 Å². The van der Waals surface area contributed by atoms with Crippen LogP contribution in [0.15, 0.2) is 30.6 Å². The van der Waals surface area contributed by atoms with Crippen LogP contribution < -0.4 is 5.32 Å². The van der Waals surface area contributed by atoms with Crippen molar-refractivity contribution in [1.82, 2.24) is 20.2 Å². The Morgan fingerprint density at radius 2 is 1.95 bits per heavy atom. The molecular formula is C15H16N4O2. The van der Waals surface area contributed by atoms with E-state index in [1.54, 1.807) is 49.3 Å². The second-order valence-electron chi connectivity index (χ2n) is 5.53. The molecule has 0 radical (unpaired) electrons. The summed E-state index contributed by atoms with van der Waals surface area (Å²) in [5.74, 6) is -0.301. The summed E-state index contributed by atoms with van der Waals surface area (Å²) in [5.41, 5.74) is 1.07. The highest BCUT2D eigenvalue weighted by Crippen LogP contribution is 2.21. The fourth-order valence-corrected chi connectivity index (χ4v) is 2.51. The van der Waals surface area contributed by atoms with Gasteiger partial charge < -0.3 is 10.2 Å². The fourth-order valence-electron chi connectivity index (χ4n) is 2.51. The summed E-state index contributed by atoms with van der Waals surface area (Å²) in [6.07, 6.45) is 3.21. The van der Waals surface area contributed by atoms with Crippen LogP contribution in [0.2, 0.25) is 0 Å². The van der Waals surface area contributed by atoms with E-state index < -0.39 is 5.54 Å². The van der Waals surface area contributed by atoms with Gasteiger partial charge in [0.1, 0.15) is 5.54 Å². The van der Waals surface area contributed by atoms with E-state index in [4.69, 9.17) is 0 Å². The molecular weight excluding hydrogens is 268 g/mol. The number of rotatable bonds is 1. The van der Waals surface area contributed by atoms with Gasteiger partial charge in [0.25, 0.3) is 5.91 Å². The highest BCUT2D eigenvalue weighted by Gasteiger charge is 2.40. The van der Waals surface area contributed by atoms with Crippen molar-refractivity contribution in [2.75, 3.05) is 13.1 Å². The predicted octanol–water partition coefficient (Wildman–Crippen LogP) is 0.980. The molecule has 1 saturated heterocycles. The number of amides is 2. The first-order valence-corrected chi connectivity index (χ1v) is 6.81. The summed E-state index contributed by atoms with van der Waals surface area (Å²) in [6.45, 7) is 4.47. The monoisotopic (exact) mass is 284 g/mol. The van der Waals surface area contributed by atoms with E-state index in [9.17, 15) is 9.59 Å². The first-order valence-electron chi connectivity index (χ1n) is 6.81. The number of benzene rings is 1. The summed E-state index contributed by atoms with van der Waals surface area (Å²) in [5, 5.41) is 2.78. The lowest BCUT2D eigenvalue weighted by Crippen LogP contribution is -2.63. The molecule has 0 aliphatic carbocycles. The van der Waals surface area contributed by atoms with Crippen molar-refractivity contribution < 1.29 is 9.59 Å². The van der Waals surface area contributed by atoms with Gasteiger partial charge in [-0.1, -0.05) is 0 Å². The van der Waals surface area contributed by atoms with Gasteiger partial charge in [-0.2, -0.15) is 0 Å². The molecule has 6 nitrogen and oxygen atoms in total. The first kappa shape index (κ1) is 13.5. The Labute approximate surface area is 122 Å². The molecule has 2 amide bonds. The average Bonchev–Trinajstić information content (AvgIpc) is 2.49. The molecule has 2 aromatic rings. The third kappa shape index (κ3) is 2.22. The molecule has 0 atom stereocenters. The maximum Gasteiger partial charge on any atom is 0.254 e.